The van der Waals surface area contributed by atoms with Gasteiger partial charge in [-0.2, -0.15) is 0 Å². The maximum Gasteiger partial charge on any atom is 0.306 e. The molecule has 0 N–H and O–H groups in total. The second-order valence-corrected chi connectivity index (χ2v) is 9.67. The van der Waals surface area contributed by atoms with Gasteiger partial charge in [0.25, 0.3) is 0 Å². The zero-order valence-electron chi connectivity index (χ0n) is 23.2. The van der Waals surface area contributed by atoms with Gasteiger partial charge in [0.2, 0.25) is 0 Å². The molecule has 0 atom stereocenters. The van der Waals surface area contributed by atoms with Gasteiger partial charge in [-0.15, -0.1) is 0 Å². The SMILES string of the molecule is CCCCCCCCCCCCC#CC#CCCCCCCCCC(=O)OCc1cccc(OC)c1. The van der Waals surface area contributed by atoms with Crippen molar-refractivity contribution in [3.63, 3.8) is 0 Å². The monoisotopic (exact) mass is 494 g/mol. The van der Waals surface area contributed by atoms with Gasteiger partial charge < -0.3 is 9.47 Å². The van der Waals surface area contributed by atoms with Crippen LogP contribution in [0.3, 0.4) is 0 Å². The van der Waals surface area contributed by atoms with Crippen LogP contribution in [0.25, 0.3) is 0 Å². The summed E-state index contributed by atoms with van der Waals surface area (Å²) in [6.07, 6.45) is 22.7. The van der Waals surface area contributed by atoms with Gasteiger partial charge >= 0.3 is 5.97 Å². The lowest BCUT2D eigenvalue weighted by Crippen LogP contribution is -2.04. The first-order valence-electron chi connectivity index (χ1n) is 14.5. The number of carbonyl (C=O) groups is 1. The Hall–Kier alpha value is -2.39. The minimum absolute atomic E-state index is 0.123. The summed E-state index contributed by atoms with van der Waals surface area (Å²) < 4.78 is 10.5. The van der Waals surface area contributed by atoms with E-state index in [0.29, 0.717) is 13.0 Å². The third-order valence-corrected chi connectivity index (χ3v) is 6.36. The molecule has 0 fully saturated rings. The summed E-state index contributed by atoms with van der Waals surface area (Å²) in [4.78, 5) is 11.9. The van der Waals surface area contributed by atoms with Crippen LogP contribution < -0.4 is 4.74 Å². The molecule has 0 bridgehead atoms. The molecule has 0 saturated carbocycles. The van der Waals surface area contributed by atoms with E-state index < -0.39 is 0 Å². The average molecular weight is 495 g/mol. The molecule has 0 radical (unpaired) electrons. The first-order valence-corrected chi connectivity index (χ1v) is 14.5. The fraction of sp³-hybridized carbons (Fsp3) is 0.667. The summed E-state index contributed by atoms with van der Waals surface area (Å²) in [5.74, 6) is 13.1. The second kappa shape index (κ2) is 24.3. The van der Waals surface area contributed by atoms with E-state index in [1.165, 1.54) is 77.0 Å². The van der Waals surface area contributed by atoms with Gasteiger partial charge in [-0.25, -0.2) is 0 Å². The van der Waals surface area contributed by atoms with E-state index in [1.807, 2.05) is 24.3 Å². The zero-order valence-corrected chi connectivity index (χ0v) is 23.2. The number of benzene rings is 1. The molecular weight excluding hydrogens is 444 g/mol. The molecule has 0 heterocycles. The Labute approximate surface area is 222 Å². The molecular formula is C33H50O3. The zero-order chi connectivity index (χ0) is 25.9. The fourth-order valence-electron chi connectivity index (χ4n) is 4.10. The first-order chi connectivity index (χ1) is 17.8. The Morgan fingerprint density at radius 1 is 0.722 bits per heavy atom. The summed E-state index contributed by atoms with van der Waals surface area (Å²) in [6, 6.07) is 7.61. The molecule has 0 spiro atoms. The highest BCUT2D eigenvalue weighted by molar-refractivity contribution is 5.69. The molecule has 200 valence electrons. The van der Waals surface area contributed by atoms with Crippen LogP contribution in [0.15, 0.2) is 24.3 Å². The Morgan fingerprint density at radius 3 is 1.81 bits per heavy atom. The Kier molecular flexibility index (Phi) is 21.4. The highest BCUT2D eigenvalue weighted by atomic mass is 16.5. The minimum atomic E-state index is -0.123. The Bertz CT molecular complexity index is 790. The Balaban J connectivity index is 1.85. The van der Waals surface area contributed by atoms with Gasteiger partial charge in [-0.1, -0.05) is 114 Å². The summed E-state index contributed by atoms with van der Waals surface area (Å²) >= 11 is 0. The van der Waals surface area contributed by atoms with E-state index in [2.05, 4.69) is 30.6 Å². The number of hydrogen-bond acceptors (Lipinski definition) is 3. The van der Waals surface area contributed by atoms with Crippen molar-refractivity contribution in [1.82, 2.24) is 0 Å². The van der Waals surface area contributed by atoms with Crippen LogP contribution in [0.2, 0.25) is 0 Å². The molecule has 3 nitrogen and oxygen atoms in total. The number of ether oxygens (including phenoxy) is 2. The lowest BCUT2D eigenvalue weighted by Gasteiger charge is -2.06. The number of methoxy groups -OCH3 is 1. The number of hydrogen-bond donors (Lipinski definition) is 0. The van der Waals surface area contributed by atoms with E-state index in [-0.39, 0.29) is 5.97 Å². The standard InChI is InChI=1S/C33H50O3/c1-3-4-5-6-7-8-9-10-11-12-13-14-15-16-17-18-19-20-21-22-23-24-28-33(34)36-30-31-26-25-27-32(29-31)35-2/h25-27,29H,3-13,18-24,28,30H2,1-2H3. The highest BCUT2D eigenvalue weighted by Crippen LogP contribution is 2.14. The molecule has 1 aromatic rings. The maximum absolute atomic E-state index is 11.9. The maximum atomic E-state index is 11.9. The van der Waals surface area contributed by atoms with Gasteiger partial charge in [0.1, 0.15) is 12.4 Å². The van der Waals surface area contributed by atoms with Crippen LogP contribution in [0.4, 0.5) is 0 Å². The van der Waals surface area contributed by atoms with Gasteiger partial charge in [-0.05, 0) is 48.8 Å². The predicted molar refractivity (Wildman–Crippen MR) is 152 cm³/mol. The van der Waals surface area contributed by atoms with Crippen LogP contribution in [0, 0.1) is 23.7 Å². The fourth-order valence-corrected chi connectivity index (χ4v) is 4.10. The number of rotatable bonds is 21. The van der Waals surface area contributed by atoms with Crippen LogP contribution >= 0.6 is 0 Å². The summed E-state index contributed by atoms with van der Waals surface area (Å²) in [7, 11) is 1.63. The highest BCUT2D eigenvalue weighted by Gasteiger charge is 2.04. The van der Waals surface area contributed by atoms with Crippen molar-refractivity contribution in [3.05, 3.63) is 29.8 Å². The third kappa shape index (κ3) is 19.9. The lowest BCUT2D eigenvalue weighted by molar-refractivity contribution is -0.145. The summed E-state index contributed by atoms with van der Waals surface area (Å²) in [5.41, 5.74) is 0.950. The number of esters is 1. The van der Waals surface area contributed by atoms with Gasteiger partial charge in [0.15, 0.2) is 0 Å². The molecule has 1 rings (SSSR count). The van der Waals surface area contributed by atoms with Crippen LogP contribution in [-0.4, -0.2) is 13.1 Å². The van der Waals surface area contributed by atoms with Crippen molar-refractivity contribution in [3.8, 4) is 29.4 Å². The number of carbonyl (C=O) groups excluding carboxylic acids is 1. The molecule has 0 aromatic heterocycles. The van der Waals surface area contributed by atoms with Crippen LogP contribution in [0.1, 0.15) is 134 Å². The van der Waals surface area contributed by atoms with Gasteiger partial charge in [0.05, 0.1) is 7.11 Å². The van der Waals surface area contributed by atoms with E-state index >= 15 is 0 Å². The molecule has 0 amide bonds. The molecule has 0 aliphatic heterocycles. The van der Waals surface area contributed by atoms with Crippen molar-refractivity contribution in [2.45, 2.75) is 136 Å². The van der Waals surface area contributed by atoms with E-state index in [4.69, 9.17) is 9.47 Å². The van der Waals surface area contributed by atoms with Crippen molar-refractivity contribution in [2.75, 3.05) is 7.11 Å². The smallest absolute Gasteiger partial charge is 0.306 e. The average Bonchev–Trinajstić information content (AvgIpc) is 2.90. The summed E-state index contributed by atoms with van der Waals surface area (Å²) in [5, 5.41) is 0. The summed E-state index contributed by atoms with van der Waals surface area (Å²) in [6.45, 7) is 2.58. The van der Waals surface area contributed by atoms with Crippen molar-refractivity contribution < 1.29 is 14.3 Å². The van der Waals surface area contributed by atoms with E-state index in [1.54, 1.807) is 7.11 Å². The van der Waals surface area contributed by atoms with Crippen LogP contribution in [0.5, 0.6) is 5.75 Å². The van der Waals surface area contributed by atoms with Crippen molar-refractivity contribution in [2.24, 2.45) is 0 Å². The molecule has 0 aliphatic carbocycles. The van der Waals surface area contributed by atoms with E-state index in [9.17, 15) is 4.79 Å². The lowest BCUT2D eigenvalue weighted by atomic mass is 10.1. The molecule has 0 unspecified atom stereocenters. The first kappa shape index (κ1) is 31.6. The van der Waals surface area contributed by atoms with E-state index in [0.717, 1.165) is 49.8 Å². The van der Waals surface area contributed by atoms with Gasteiger partial charge in [-0.3, -0.25) is 4.79 Å². The molecule has 0 aliphatic rings. The normalized spacial score (nSPS) is 10.2. The van der Waals surface area contributed by atoms with Gasteiger partial charge in [0, 0.05) is 19.3 Å². The van der Waals surface area contributed by atoms with Crippen molar-refractivity contribution >= 4 is 5.97 Å². The molecule has 3 heteroatoms. The van der Waals surface area contributed by atoms with Crippen molar-refractivity contribution in [1.29, 1.82) is 0 Å². The topological polar surface area (TPSA) is 35.5 Å². The minimum Gasteiger partial charge on any atom is -0.497 e. The predicted octanol–water partition coefficient (Wildman–Crippen LogP) is 9.18. The molecule has 36 heavy (non-hydrogen) atoms. The second-order valence-electron chi connectivity index (χ2n) is 9.67. The number of unbranched alkanes of at least 4 members (excludes halogenated alkanes) is 16. The molecule has 0 saturated heterocycles. The Morgan fingerprint density at radius 2 is 1.25 bits per heavy atom. The van der Waals surface area contributed by atoms with Crippen LogP contribution in [-0.2, 0) is 16.1 Å². The largest absolute Gasteiger partial charge is 0.497 e. The molecule has 1 aromatic carbocycles. The third-order valence-electron chi connectivity index (χ3n) is 6.36. The quantitative estimate of drug-likeness (QED) is 0.0970.